The molecule has 0 aliphatic carbocycles. The zero-order chi connectivity index (χ0) is 22.4. The molecule has 0 saturated heterocycles. The van der Waals surface area contributed by atoms with Crippen molar-refractivity contribution in [3.05, 3.63) is 65.3 Å². The van der Waals surface area contributed by atoms with Gasteiger partial charge in [0.25, 0.3) is 10.0 Å². The molecule has 0 radical (unpaired) electrons. The summed E-state index contributed by atoms with van der Waals surface area (Å²) in [6, 6.07) is 12.0. The Hall–Kier alpha value is -3.17. The van der Waals surface area contributed by atoms with Gasteiger partial charge in [0, 0.05) is 15.8 Å². The molecule has 9 heteroatoms. The van der Waals surface area contributed by atoms with Gasteiger partial charge in [-0.25, -0.2) is 18.2 Å². The fraction of sp³-hybridized carbons (Fsp3) is 0.182. The molecular formula is C22H21N3O4S2. The number of aromatic nitrogens is 2. The van der Waals surface area contributed by atoms with Gasteiger partial charge in [-0.2, -0.15) is 0 Å². The number of carboxylic acids is 1. The molecular weight excluding hydrogens is 434 g/mol. The molecule has 0 atom stereocenters. The minimum absolute atomic E-state index is 0.0164. The van der Waals surface area contributed by atoms with Crippen LogP contribution in [0.4, 0.5) is 5.69 Å². The van der Waals surface area contributed by atoms with E-state index in [1.54, 1.807) is 30.3 Å². The normalized spacial score (nSPS) is 12.2. The summed E-state index contributed by atoms with van der Waals surface area (Å²) in [5, 5.41) is 12.0. The average Bonchev–Trinajstić information content (AvgIpc) is 3.34. The number of benzene rings is 1. The number of carbonyl (C=O) groups is 1. The molecule has 0 aliphatic heterocycles. The first-order valence-corrected chi connectivity index (χ1v) is 11.8. The van der Waals surface area contributed by atoms with Crippen LogP contribution in [0.3, 0.4) is 0 Å². The minimum atomic E-state index is -3.83. The number of aromatic carboxylic acids is 1. The highest BCUT2D eigenvalue weighted by molar-refractivity contribution is 7.92. The molecule has 7 nitrogen and oxygen atoms in total. The highest BCUT2D eigenvalue weighted by Crippen LogP contribution is 2.36. The topological polar surface area (TPSA) is 112 Å². The first kappa shape index (κ1) is 21.1. The summed E-state index contributed by atoms with van der Waals surface area (Å²) in [6.45, 7) is 6.18. The van der Waals surface area contributed by atoms with E-state index in [4.69, 9.17) is 0 Å². The Morgan fingerprint density at radius 2 is 1.87 bits per heavy atom. The lowest BCUT2D eigenvalue weighted by Crippen LogP contribution is -2.15. The van der Waals surface area contributed by atoms with Gasteiger partial charge in [-0.15, -0.1) is 11.3 Å². The van der Waals surface area contributed by atoms with Crippen LogP contribution in [0.25, 0.3) is 21.5 Å². The Kier molecular flexibility index (Phi) is 5.10. The predicted molar refractivity (Wildman–Crippen MR) is 122 cm³/mol. The molecule has 0 fully saturated rings. The lowest BCUT2D eigenvalue weighted by Gasteiger charge is -2.19. The molecule has 1 aromatic carbocycles. The first-order chi connectivity index (χ1) is 14.6. The van der Waals surface area contributed by atoms with Gasteiger partial charge in [-0.1, -0.05) is 39.0 Å². The summed E-state index contributed by atoms with van der Waals surface area (Å²) in [7, 11) is -3.83. The Morgan fingerprint density at radius 1 is 1.16 bits per heavy atom. The van der Waals surface area contributed by atoms with Crippen LogP contribution in [0.1, 0.15) is 36.8 Å². The number of hydrogen-bond donors (Lipinski definition) is 3. The Labute approximate surface area is 183 Å². The van der Waals surface area contributed by atoms with E-state index in [2.05, 4.69) is 35.5 Å². The molecule has 0 unspecified atom stereocenters. The van der Waals surface area contributed by atoms with E-state index in [1.807, 2.05) is 17.5 Å². The van der Waals surface area contributed by atoms with Crippen LogP contribution in [-0.2, 0) is 15.4 Å². The molecule has 0 amide bonds. The maximum Gasteiger partial charge on any atom is 0.353 e. The van der Waals surface area contributed by atoms with E-state index in [0.29, 0.717) is 16.6 Å². The van der Waals surface area contributed by atoms with Gasteiger partial charge < -0.3 is 10.1 Å². The smallest absolute Gasteiger partial charge is 0.353 e. The maximum absolute atomic E-state index is 12.9. The van der Waals surface area contributed by atoms with Crippen molar-refractivity contribution in [3.63, 3.8) is 0 Å². The van der Waals surface area contributed by atoms with E-state index in [-0.39, 0.29) is 21.7 Å². The Balaban J connectivity index is 1.73. The summed E-state index contributed by atoms with van der Waals surface area (Å²) in [5.74, 6) is -1.11. The molecule has 4 rings (SSSR count). The number of aromatic amines is 1. The zero-order valence-electron chi connectivity index (χ0n) is 17.1. The van der Waals surface area contributed by atoms with Crippen molar-refractivity contribution in [2.24, 2.45) is 0 Å². The van der Waals surface area contributed by atoms with Crippen LogP contribution in [0.2, 0.25) is 0 Å². The second kappa shape index (κ2) is 7.51. The molecule has 0 bridgehead atoms. The number of nitrogens with one attached hydrogen (secondary N) is 2. The zero-order valence-corrected chi connectivity index (χ0v) is 18.8. The van der Waals surface area contributed by atoms with E-state index in [0.717, 1.165) is 10.4 Å². The summed E-state index contributed by atoms with van der Waals surface area (Å²) in [6.07, 6.45) is 1.36. The van der Waals surface area contributed by atoms with Gasteiger partial charge in [0.15, 0.2) is 0 Å². The number of H-pyrrole nitrogens is 1. The van der Waals surface area contributed by atoms with Crippen molar-refractivity contribution in [3.8, 4) is 10.4 Å². The molecule has 0 aliphatic rings. The lowest BCUT2D eigenvalue weighted by molar-refractivity contribution is 0.0692. The predicted octanol–water partition coefficient (Wildman–Crippen LogP) is 5.09. The van der Waals surface area contributed by atoms with Crippen LogP contribution in [0.15, 0.2) is 58.9 Å². The summed E-state index contributed by atoms with van der Waals surface area (Å²) in [5.41, 5.74) is 2.07. The van der Waals surface area contributed by atoms with Crippen LogP contribution < -0.4 is 4.72 Å². The monoisotopic (exact) mass is 455 g/mol. The third-order valence-corrected chi connectivity index (χ3v) is 7.20. The number of anilines is 1. The molecule has 0 spiro atoms. The fourth-order valence-electron chi connectivity index (χ4n) is 3.31. The molecule has 160 valence electrons. The molecule has 31 heavy (non-hydrogen) atoms. The maximum atomic E-state index is 12.9. The lowest BCUT2D eigenvalue weighted by atomic mass is 9.87. The number of thiophene rings is 1. The third-order valence-electron chi connectivity index (χ3n) is 4.91. The summed E-state index contributed by atoms with van der Waals surface area (Å²) >= 11 is 1.40. The van der Waals surface area contributed by atoms with E-state index in [9.17, 15) is 18.3 Å². The molecule has 3 N–H and O–H groups in total. The summed E-state index contributed by atoms with van der Waals surface area (Å²) in [4.78, 5) is 19.7. The Morgan fingerprint density at radius 3 is 2.45 bits per heavy atom. The number of sulfonamides is 1. The van der Waals surface area contributed by atoms with E-state index in [1.165, 1.54) is 17.5 Å². The SMILES string of the molecule is CC(C)(C)c1ccc(S(=O)(=O)Nc2cnc3[nH]c(C(=O)O)c(-c4cccs4)c3c2)cc1. The van der Waals surface area contributed by atoms with Crippen molar-refractivity contribution in [1.82, 2.24) is 9.97 Å². The van der Waals surface area contributed by atoms with Gasteiger partial charge in [-0.05, 0) is 40.6 Å². The van der Waals surface area contributed by atoms with Gasteiger partial charge in [0.1, 0.15) is 11.3 Å². The van der Waals surface area contributed by atoms with Crippen molar-refractivity contribution in [1.29, 1.82) is 0 Å². The summed E-state index contributed by atoms with van der Waals surface area (Å²) < 4.78 is 28.3. The quantitative estimate of drug-likeness (QED) is 0.388. The van der Waals surface area contributed by atoms with Crippen molar-refractivity contribution in [2.75, 3.05) is 4.72 Å². The number of rotatable bonds is 5. The van der Waals surface area contributed by atoms with Crippen molar-refractivity contribution in [2.45, 2.75) is 31.1 Å². The van der Waals surface area contributed by atoms with Crippen molar-refractivity contribution >= 4 is 44.1 Å². The van der Waals surface area contributed by atoms with Crippen LogP contribution in [0.5, 0.6) is 0 Å². The molecule has 3 aromatic heterocycles. The number of fused-ring (bicyclic) bond motifs is 1. The molecule has 4 aromatic rings. The average molecular weight is 456 g/mol. The number of hydrogen-bond acceptors (Lipinski definition) is 5. The first-order valence-electron chi connectivity index (χ1n) is 9.48. The van der Waals surface area contributed by atoms with Crippen molar-refractivity contribution < 1.29 is 18.3 Å². The molecule has 0 saturated carbocycles. The third kappa shape index (κ3) is 4.06. The second-order valence-electron chi connectivity index (χ2n) is 8.16. The largest absolute Gasteiger partial charge is 0.477 e. The van der Waals surface area contributed by atoms with Gasteiger partial charge in [0.2, 0.25) is 0 Å². The van der Waals surface area contributed by atoms with Gasteiger partial charge in [-0.3, -0.25) is 4.72 Å². The number of carboxylic acid groups (broad SMARTS) is 1. The number of pyridine rings is 1. The second-order valence-corrected chi connectivity index (χ2v) is 10.8. The Bertz CT molecular complexity index is 1360. The molecule has 3 heterocycles. The van der Waals surface area contributed by atoms with Crippen LogP contribution in [-0.4, -0.2) is 29.5 Å². The standard InChI is InChI=1S/C22H21N3O4S2/c1-22(2,3)13-6-8-15(9-7-13)31(28,29)25-14-11-16-18(17-5-4-10-30-17)19(21(26)27)24-20(16)23-12-14/h4-12,25H,1-3H3,(H,23,24)(H,26,27). The van der Waals surface area contributed by atoms with E-state index < -0.39 is 16.0 Å². The van der Waals surface area contributed by atoms with Gasteiger partial charge in [0.05, 0.1) is 16.8 Å². The van der Waals surface area contributed by atoms with Crippen LogP contribution >= 0.6 is 11.3 Å². The highest BCUT2D eigenvalue weighted by atomic mass is 32.2. The van der Waals surface area contributed by atoms with Gasteiger partial charge >= 0.3 is 5.97 Å². The fourth-order valence-corrected chi connectivity index (χ4v) is 5.14. The minimum Gasteiger partial charge on any atom is -0.477 e. The van der Waals surface area contributed by atoms with Crippen LogP contribution in [0, 0.1) is 0 Å². The van der Waals surface area contributed by atoms with E-state index >= 15 is 0 Å². The highest BCUT2D eigenvalue weighted by Gasteiger charge is 2.22. The number of nitrogens with zero attached hydrogens (tertiary/aromatic N) is 1.